The van der Waals surface area contributed by atoms with Gasteiger partial charge in [-0.05, 0) is 30.7 Å². The van der Waals surface area contributed by atoms with E-state index in [0.717, 1.165) is 25.9 Å². The minimum Gasteiger partial charge on any atom is -0.409 e. The molecule has 1 aliphatic heterocycles. The highest BCUT2D eigenvalue weighted by Gasteiger charge is 2.25. The lowest BCUT2D eigenvalue weighted by Crippen LogP contribution is -2.29. The summed E-state index contributed by atoms with van der Waals surface area (Å²) in [5, 5.41) is 20.0. The maximum atomic E-state index is 8.85. The van der Waals surface area contributed by atoms with Gasteiger partial charge in [-0.25, -0.2) is 0 Å². The number of aromatic nitrogens is 2. The number of nitrogens with two attached hydrogens (primary N) is 1. The van der Waals surface area contributed by atoms with Crippen molar-refractivity contribution in [2.75, 3.05) is 18.0 Å². The number of hydrogen-bond donors (Lipinski definition) is 2. The van der Waals surface area contributed by atoms with Crippen molar-refractivity contribution in [3.63, 3.8) is 0 Å². The van der Waals surface area contributed by atoms with Crippen LogP contribution in [0.25, 0.3) is 0 Å². The summed E-state index contributed by atoms with van der Waals surface area (Å²) in [4.78, 5) is 2.18. The van der Waals surface area contributed by atoms with E-state index in [1.807, 2.05) is 0 Å². The van der Waals surface area contributed by atoms with Crippen molar-refractivity contribution in [3.05, 3.63) is 17.8 Å². The fourth-order valence-corrected chi connectivity index (χ4v) is 2.45. The molecule has 2 heterocycles. The Labute approximate surface area is 113 Å². The molecule has 3 N–H and O–H groups in total. The summed E-state index contributed by atoms with van der Waals surface area (Å²) < 4.78 is 0. The van der Waals surface area contributed by atoms with Crippen LogP contribution in [-0.2, 0) is 0 Å². The van der Waals surface area contributed by atoms with E-state index in [4.69, 9.17) is 10.9 Å². The van der Waals surface area contributed by atoms with Gasteiger partial charge in [0.1, 0.15) is 0 Å². The SMILES string of the molecule is CC1(C)CCCN(c2nnccc2/C(N)=N/O)CC1. The average Bonchev–Trinajstić information content (AvgIpc) is 2.59. The van der Waals surface area contributed by atoms with Gasteiger partial charge in [0.25, 0.3) is 0 Å². The molecule has 6 nitrogen and oxygen atoms in total. The zero-order chi connectivity index (χ0) is 13.9. The smallest absolute Gasteiger partial charge is 0.173 e. The van der Waals surface area contributed by atoms with Gasteiger partial charge in [0.15, 0.2) is 11.7 Å². The van der Waals surface area contributed by atoms with Crippen LogP contribution in [-0.4, -0.2) is 34.3 Å². The van der Waals surface area contributed by atoms with E-state index >= 15 is 0 Å². The van der Waals surface area contributed by atoms with Crippen LogP contribution < -0.4 is 10.6 Å². The van der Waals surface area contributed by atoms with Gasteiger partial charge in [-0.15, -0.1) is 5.10 Å². The van der Waals surface area contributed by atoms with Crippen LogP contribution in [0.2, 0.25) is 0 Å². The predicted molar refractivity (Wildman–Crippen MR) is 74.4 cm³/mol. The van der Waals surface area contributed by atoms with Crippen molar-refractivity contribution >= 4 is 11.7 Å². The molecule has 0 radical (unpaired) electrons. The summed E-state index contributed by atoms with van der Waals surface area (Å²) in [5.74, 6) is 0.781. The van der Waals surface area contributed by atoms with Crippen molar-refractivity contribution < 1.29 is 5.21 Å². The molecule has 1 fully saturated rings. The fourth-order valence-electron chi connectivity index (χ4n) is 2.45. The van der Waals surface area contributed by atoms with Crippen molar-refractivity contribution in [3.8, 4) is 0 Å². The lowest BCUT2D eigenvalue weighted by atomic mass is 9.85. The summed E-state index contributed by atoms with van der Waals surface area (Å²) in [6.07, 6.45) is 4.96. The molecule has 19 heavy (non-hydrogen) atoms. The topological polar surface area (TPSA) is 87.6 Å². The predicted octanol–water partition coefficient (Wildman–Crippen LogP) is 1.59. The first kappa shape index (κ1) is 13.6. The quantitative estimate of drug-likeness (QED) is 0.366. The molecule has 2 rings (SSSR count). The van der Waals surface area contributed by atoms with E-state index in [0.29, 0.717) is 16.8 Å². The Bertz CT molecular complexity index is 472. The van der Waals surface area contributed by atoms with Crippen LogP contribution in [0.5, 0.6) is 0 Å². The number of rotatable bonds is 2. The summed E-state index contributed by atoms with van der Waals surface area (Å²) in [6, 6.07) is 1.73. The molecule has 104 valence electrons. The van der Waals surface area contributed by atoms with Gasteiger partial charge in [-0.3, -0.25) is 0 Å². The summed E-state index contributed by atoms with van der Waals surface area (Å²) in [5.41, 5.74) is 6.69. The molecular weight excluding hydrogens is 242 g/mol. The van der Waals surface area contributed by atoms with Crippen molar-refractivity contribution in [2.45, 2.75) is 33.1 Å². The van der Waals surface area contributed by atoms with Crippen molar-refractivity contribution in [2.24, 2.45) is 16.3 Å². The van der Waals surface area contributed by atoms with Gasteiger partial charge in [0.2, 0.25) is 0 Å². The first-order valence-corrected chi connectivity index (χ1v) is 6.58. The number of hydrogen-bond acceptors (Lipinski definition) is 5. The summed E-state index contributed by atoms with van der Waals surface area (Å²) in [6.45, 7) is 6.42. The third-order valence-corrected chi connectivity index (χ3v) is 3.72. The normalized spacial score (nSPS) is 20.1. The standard InChI is InChI=1S/C13H21N5O/c1-13(2)5-3-8-18(9-6-13)12-10(11(14)17-19)4-7-15-16-12/h4,7,19H,3,5-6,8-9H2,1-2H3,(H2,14,17). The molecule has 1 aromatic rings. The Morgan fingerprint density at radius 3 is 2.95 bits per heavy atom. The molecule has 0 bridgehead atoms. The second kappa shape index (κ2) is 5.42. The highest BCUT2D eigenvalue weighted by Crippen LogP contribution is 2.31. The van der Waals surface area contributed by atoms with Crippen molar-refractivity contribution in [1.82, 2.24) is 10.2 Å². The van der Waals surface area contributed by atoms with Crippen molar-refractivity contribution in [1.29, 1.82) is 0 Å². The second-order valence-corrected chi connectivity index (χ2v) is 5.76. The largest absolute Gasteiger partial charge is 0.409 e. The van der Waals surface area contributed by atoms with Gasteiger partial charge >= 0.3 is 0 Å². The Morgan fingerprint density at radius 2 is 2.21 bits per heavy atom. The molecule has 1 aromatic heterocycles. The summed E-state index contributed by atoms with van der Waals surface area (Å²) >= 11 is 0. The lowest BCUT2D eigenvalue weighted by molar-refractivity contribution is 0.318. The Morgan fingerprint density at radius 1 is 1.42 bits per heavy atom. The van der Waals surface area contributed by atoms with E-state index < -0.39 is 0 Å². The van der Waals surface area contributed by atoms with E-state index in [1.165, 1.54) is 6.42 Å². The van der Waals surface area contributed by atoms with E-state index in [-0.39, 0.29) is 5.84 Å². The van der Waals surface area contributed by atoms with Crippen LogP contribution >= 0.6 is 0 Å². The van der Waals surface area contributed by atoms with Gasteiger partial charge in [0.05, 0.1) is 11.8 Å². The molecule has 0 amide bonds. The number of anilines is 1. The maximum absolute atomic E-state index is 8.85. The third-order valence-electron chi connectivity index (χ3n) is 3.72. The van der Waals surface area contributed by atoms with E-state index in [1.54, 1.807) is 12.3 Å². The van der Waals surface area contributed by atoms with Gasteiger partial charge in [-0.1, -0.05) is 19.0 Å². The highest BCUT2D eigenvalue weighted by atomic mass is 16.4. The van der Waals surface area contributed by atoms with E-state index in [2.05, 4.69) is 34.1 Å². The molecule has 0 aliphatic carbocycles. The minimum absolute atomic E-state index is 0.0772. The lowest BCUT2D eigenvalue weighted by Gasteiger charge is -2.24. The average molecular weight is 263 g/mol. The Kier molecular flexibility index (Phi) is 3.87. The molecule has 0 aromatic carbocycles. The van der Waals surface area contributed by atoms with Gasteiger partial charge < -0.3 is 15.8 Å². The molecule has 1 saturated heterocycles. The Balaban J connectivity index is 2.27. The summed E-state index contributed by atoms with van der Waals surface area (Å²) in [7, 11) is 0. The third kappa shape index (κ3) is 3.13. The number of amidine groups is 1. The van der Waals surface area contributed by atoms with Crippen LogP contribution in [0.4, 0.5) is 5.82 Å². The highest BCUT2D eigenvalue weighted by molar-refractivity contribution is 6.01. The molecular formula is C13H21N5O. The van der Waals surface area contributed by atoms with Crippen LogP contribution in [0.1, 0.15) is 38.7 Å². The fraction of sp³-hybridized carbons (Fsp3) is 0.615. The van der Waals surface area contributed by atoms with Crippen LogP contribution in [0, 0.1) is 5.41 Å². The Hall–Kier alpha value is -1.85. The first-order chi connectivity index (χ1) is 9.03. The van der Waals surface area contributed by atoms with Gasteiger partial charge in [-0.2, -0.15) is 5.10 Å². The van der Waals surface area contributed by atoms with Crippen LogP contribution in [0.15, 0.2) is 17.4 Å². The molecule has 0 unspecified atom stereocenters. The number of oxime groups is 1. The molecule has 0 atom stereocenters. The zero-order valence-electron chi connectivity index (χ0n) is 11.5. The molecule has 6 heteroatoms. The van der Waals surface area contributed by atoms with Gasteiger partial charge in [0, 0.05) is 13.1 Å². The molecule has 0 saturated carbocycles. The molecule has 0 spiro atoms. The number of nitrogens with zero attached hydrogens (tertiary/aromatic N) is 4. The zero-order valence-corrected chi connectivity index (χ0v) is 11.5. The maximum Gasteiger partial charge on any atom is 0.173 e. The second-order valence-electron chi connectivity index (χ2n) is 5.76. The van der Waals surface area contributed by atoms with E-state index in [9.17, 15) is 0 Å². The molecule has 1 aliphatic rings. The van der Waals surface area contributed by atoms with Crippen LogP contribution in [0.3, 0.4) is 0 Å². The monoisotopic (exact) mass is 263 g/mol. The first-order valence-electron chi connectivity index (χ1n) is 6.58. The minimum atomic E-state index is 0.0772.